The number of hydrogen-bond donors (Lipinski definition) is 1. The summed E-state index contributed by atoms with van der Waals surface area (Å²) >= 11 is 3.57. The first-order valence-electron chi connectivity index (χ1n) is 7.76. The van der Waals surface area contributed by atoms with Crippen LogP contribution in [0.5, 0.6) is 0 Å². The van der Waals surface area contributed by atoms with Gasteiger partial charge in [-0.05, 0) is 60.9 Å². The Morgan fingerprint density at radius 3 is 2.89 bits per heavy atom. The van der Waals surface area contributed by atoms with Gasteiger partial charge in [0.2, 0.25) is 0 Å². The second-order valence-corrected chi connectivity index (χ2v) is 7.28. The fourth-order valence-corrected chi connectivity index (χ4v) is 4.20. The lowest BCUT2D eigenvalue weighted by atomic mass is 9.80. The summed E-state index contributed by atoms with van der Waals surface area (Å²) in [4.78, 5) is 0. The third-order valence-electron chi connectivity index (χ3n) is 5.10. The van der Waals surface area contributed by atoms with Crippen LogP contribution in [0, 0.1) is 11.8 Å². The summed E-state index contributed by atoms with van der Waals surface area (Å²) in [6, 6.07) is 7.37. The highest BCUT2D eigenvalue weighted by molar-refractivity contribution is 9.10. The number of halogens is 1. The fraction of sp³-hybridized carbons (Fsp3) is 0.647. The molecule has 1 nitrogen and oxygen atoms in total. The van der Waals surface area contributed by atoms with Crippen LogP contribution in [0.15, 0.2) is 22.7 Å². The highest BCUT2D eigenvalue weighted by Gasteiger charge is 2.25. The van der Waals surface area contributed by atoms with Crippen LogP contribution in [0.25, 0.3) is 0 Å². The lowest BCUT2D eigenvalue weighted by molar-refractivity contribution is 0.240. The summed E-state index contributed by atoms with van der Waals surface area (Å²) < 4.78 is 1.22. The van der Waals surface area contributed by atoms with E-state index in [9.17, 15) is 0 Å². The molecular weight excluding hydrogens is 298 g/mol. The van der Waals surface area contributed by atoms with E-state index in [0.29, 0.717) is 6.04 Å². The van der Waals surface area contributed by atoms with Crippen molar-refractivity contribution in [3.05, 3.63) is 33.8 Å². The van der Waals surface area contributed by atoms with E-state index in [4.69, 9.17) is 0 Å². The fourth-order valence-electron chi connectivity index (χ4n) is 3.79. The second-order valence-electron chi connectivity index (χ2n) is 6.36. The lowest BCUT2D eigenvalue weighted by Crippen LogP contribution is -2.31. The second kappa shape index (κ2) is 5.97. The van der Waals surface area contributed by atoms with E-state index in [1.165, 1.54) is 60.7 Å². The maximum atomic E-state index is 3.84. The van der Waals surface area contributed by atoms with Crippen LogP contribution < -0.4 is 5.32 Å². The summed E-state index contributed by atoms with van der Waals surface area (Å²) in [7, 11) is 0. The number of fused-ring (bicyclic) bond motifs is 1. The molecule has 1 fully saturated rings. The molecule has 0 aromatic heterocycles. The maximum absolute atomic E-state index is 3.84. The Bertz CT molecular complexity index is 443. The van der Waals surface area contributed by atoms with Gasteiger partial charge in [-0.25, -0.2) is 0 Å². The topological polar surface area (TPSA) is 12.0 Å². The highest BCUT2D eigenvalue weighted by Crippen LogP contribution is 2.34. The number of benzene rings is 1. The zero-order valence-corrected chi connectivity index (χ0v) is 13.4. The molecule has 2 aliphatic rings. The van der Waals surface area contributed by atoms with Crippen molar-refractivity contribution in [1.29, 1.82) is 0 Å². The Balaban J connectivity index is 1.60. The van der Waals surface area contributed by atoms with Crippen LogP contribution in [-0.4, -0.2) is 6.54 Å². The van der Waals surface area contributed by atoms with E-state index in [-0.39, 0.29) is 0 Å². The molecule has 0 spiro atoms. The summed E-state index contributed by atoms with van der Waals surface area (Å²) in [5.74, 6) is 1.81. The van der Waals surface area contributed by atoms with E-state index < -0.39 is 0 Å². The highest BCUT2D eigenvalue weighted by atomic mass is 79.9. The van der Waals surface area contributed by atoms with Crippen molar-refractivity contribution in [3.63, 3.8) is 0 Å². The maximum Gasteiger partial charge on any atom is 0.0326 e. The van der Waals surface area contributed by atoms with Gasteiger partial charge < -0.3 is 5.32 Å². The van der Waals surface area contributed by atoms with Gasteiger partial charge in [0.05, 0.1) is 0 Å². The molecule has 19 heavy (non-hydrogen) atoms. The molecule has 1 N–H and O–H groups in total. The van der Waals surface area contributed by atoms with Crippen LogP contribution in [-0.2, 0) is 6.42 Å². The van der Waals surface area contributed by atoms with E-state index >= 15 is 0 Å². The van der Waals surface area contributed by atoms with Crippen molar-refractivity contribution in [1.82, 2.24) is 5.32 Å². The Kier molecular flexibility index (Phi) is 4.28. The molecular formula is C17H24BrN. The molecule has 2 heteroatoms. The average molecular weight is 322 g/mol. The van der Waals surface area contributed by atoms with Crippen molar-refractivity contribution in [3.8, 4) is 0 Å². The molecule has 0 heterocycles. The third kappa shape index (κ3) is 3.05. The quantitative estimate of drug-likeness (QED) is 0.838. The Hall–Kier alpha value is -0.340. The van der Waals surface area contributed by atoms with Gasteiger partial charge in [-0.15, -0.1) is 0 Å². The molecule has 0 bridgehead atoms. The molecule has 3 rings (SSSR count). The zero-order valence-electron chi connectivity index (χ0n) is 11.8. The van der Waals surface area contributed by atoms with Gasteiger partial charge in [0.1, 0.15) is 0 Å². The molecule has 0 amide bonds. The third-order valence-corrected chi connectivity index (χ3v) is 5.59. The predicted molar refractivity (Wildman–Crippen MR) is 84.3 cm³/mol. The van der Waals surface area contributed by atoms with Crippen molar-refractivity contribution >= 4 is 15.9 Å². The van der Waals surface area contributed by atoms with Crippen LogP contribution in [0.2, 0.25) is 0 Å². The molecule has 3 unspecified atom stereocenters. The van der Waals surface area contributed by atoms with E-state index in [1.54, 1.807) is 0 Å². The van der Waals surface area contributed by atoms with Gasteiger partial charge in [-0.1, -0.05) is 48.2 Å². The summed E-state index contributed by atoms with van der Waals surface area (Å²) in [5, 5.41) is 3.84. The van der Waals surface area contributed by atoms with E-state index in [0.717, 1.165) is 11.8 Å². The van der Waals surface area contributed by atoms with Gasteiger partial charge in [-0.2, -0.15) is 0 Å². The molecule has 0 radical (unpaired) electrons. The molecule has 0 aliphatic heterocycles. The van der Waals surface area contributed by atoms with Gasteiger partial charge in [-0.3, -0.25) is 0 Å². The van der Waals surface area contributed by atoms with E-state index in [2.05, 4.69) is 46.4 Å². The molecule has 104 valence electrons. The summed E-state index contributed by atoms with van der Waals surface area (Å²) in [6.07, 6.45) is 8.23. The van der Waals surface area contributed by atoms with Gasteiger partial charge in [0, 0.05) is 10.5 Å². The Labute approximate surface area is 125 Å². The monoisotopic (exact) mass is 321 g/mol. The molecule has 2 aliphatic carbocycles. The minimum Gasteiger partial charge on any atom is -0.310 e. The molecule has 0 saturated heterocycles. The number of aryl methyl sites for hydroxylation is 1. The van der Waals surface area contributed by atoms with Crippen LogP contribution in [0.3, 0.4) is 0 Å². The van der Waals surface area contributed by atoms with Crippen molar-refractivity contribution in [2.24, 2.45) is 11.8 Å². The minimum absolute atomic E-state index is 0.595. The van der Waals surface area contributed by atoms with E-state index in [1.807, 2.05) is 0 Å². The van der Waals surface area contributed by atoms with Gasteiger partial charge in [0.15, 0.2) is 0 Å². The summed E-state index contributed by atoms with van der Waals surface area (Å²) in [5.41, 5.74) is 3.07. The van der Waals surface area contributed by atoms with Gasteiger partial charge >= 0.3 is 0 Å². The van der Waals surface area contributed by atoms with Gasteiger partial charge in [0.25, 0.3) is 0 Å². The Morgan fingerprint density at radius 1 is 1.21 bits per heavy atom. The first kappa shape index (κ1) is 13.6. The largest absolute Gasteiger partial charge is 0.310 e. The standard InChI is InChI=1S/C17H24BrN/c1-12-4-2-3-5-14(12)11-19-17-9-6-13-10-15(18)7-8-16(13)17/h7-8,10,12,14,17,19H,2-6,9,11H2,1H3. The van der Waals surface area contributed by atoms with Crippen molar-refractivity contribution < 1.29 is 0 Å². The molecule has 1 saturated carbocycles. The average Bonchev–Trinajstić information content (AvgIpc) is 2.80. The number of hydrogen-bond acceptors (Lipinski definition) is 1. The molecule has 1 aromatic carbocycles. The smallest absolute Gasteiger partial charge is 0.0326 e. The minimum atomic E-state index is 0.595. The normalized spacial score (nSPS) is 30.3. The number of nitrogens with one attached hydrogen (secondary N) is 1. The van der Waals surface area contributed by atoms with Crippen LogP contribution >= 0.6 is 15.9 Å². The SMILES string of the molecule is CC1CCCCC1CNC1CCc2cc(Br)ccc21. The number of rotatable bonds is 3. The molecule has 3 atom stereocenters. The van der Waals surface area contributed by atoms with Crippen molar-refractivity contribution in [2.45, 2.75) is 51.5 Å². The van der Waals surface area contributed by atoms with Crippen LogP contribution in [0.4, 0.5) is 0 Å². The predicted octanol–water partition coefficient (Wildman–Crippen LogP) is 4.85. The zero-order chi connectivity index (χ0) is 13.2. The first-order valence-corrected chi connectivity index (χ1v) is 8.55. The Morgan fingerprint density at radius 2 is 2.05 bits per heavy atom. The summed E-state index contributed by atoms with van der Waals surface area (Å²) in [6.45, 7) is 3.65. The lowest BCUT2D eigenvalue weighted by Gasteiger charge is -2.30. The van der Waals surface area contributed by atoms with Crippen molar-refractivity contribution in [2.75, 3.05) is 6.54 Å². The molecule has 1 aromatic rings. The first-order chi connectivity index (χ1) is 9.24. The van der Waals surface area contributed by atoms with Crippen LogP contribution in [0.1, 0.15) is 56.2 Å².